The lowest BCUT2D eigenvalue weighted by Crippen LogP contribution is -2.00. The number of nitrogens with zero attached hydrogens (tertiary/aromatic N) is 4. The first-order valence-corrected chi connectivity index (χ1v) is 6.23. The number of carboxylic acid groups (broad SMARTS) is 1. The Balaban J connectivity index is 2.25. The van der Waals surface area contributed by atoms with Gasteiger partial charge in [0.1, 0.15) is 0 Å². The number of aryl methyl sites for hydroxylation is 2. The van der Waals surface area contributed by atoms with Crippen molar-refractivity contribution in [2.24, 2.45) is 7.05 Å². The maximum absolute atomic E-state index is 10.5. The van der Waals surface area contributed by atoms with Gasteiger partial charge in [0, 0.05) is 24.5 Å². The molecule has 0 aliphatic rings. The lowest BCUT2D eigenvalue weighted by atomic mass is 10.2. The molecule has 2 rings (SSSR count). The van der Waals surface area contributed by atoms with Gasteiger partial charge in [-0.25, -0.2) is 9.67 Å². The molecule has 94 valence electrons. The van der Waals surface area contributed by atoms with Crippen molar-refractivity contribution >= 4 is 17.7 Å². The first-order chi connectivity index (χ1) is 8.56. The van der Waals surface area contributed by atoms with Gasteiger partial charge in [0.25, 0.3) is 0 Å². The van der Waals surface area contributed by atoms with Crippen molar-refractivity contribution in [1.29, 1.82) is 0 Å². The third-order valence-electron chi connectivity index (χ3n) is 2.20. The quantitative estimate of drug-likeness (QED) is 0.840. The van der Waals surface area contributed by atoms with E-state index < -0.39 is 5.97 Å². The summed E-state index contributed by atoms with van der Waals surface area (Å²) in [5.74, 6) is -0.318. The molecular formula is C11H12N4O2S. The molecule has 0 aliphatic carbocycles. The molecule has 0 aliphatic heterocycles. The molecule has 2 heterocycles. The molecule has 7 heteroatoms. The Morgan fingerprint density at radius 3 is 3.00 bits per heavy atom. The molecule has 2 aromatic rings. The van der Waals surface area contributed by atoms with Gasteiger partial charge in [0.2, 0.25) is 0 Å². The molecule has 0 spiro atoms. The smallest absolute Gasteiger partial charge is 0.313 e. The van der Waals surface area contributed by atoms with E-state index in [1.54, 1.807) is 17.9 Å². The largest absolute Gasteiger partial charge is 0.481 e. The van der Waals surface area contributed by atoms with Crippen LogP contribution in [0.2, 0.25) is 0 Å². The fourth-order valence-corrected chi connectivity index (χ4v) is 2.06. The Morgan fingerprint density at radius 1 is 1.56 bits per heavy atom. The summed E-state index contributed by atoms with van der Waals surface area (Å²) in [6, 6.07) is 3.72. The van der Waals surface area contributed by atoms with Gasteiger partial charge < -0.3 is 5.11 Å². The zero-order valence-electron chi connectivity index (χ0n) is 9.99. The summed E-state index contributed by atoms with van der Waals surface area (Å²) >= 11 is 1.15. The monoisotopic (exact) mass is 264 g/mol. The van der Waals surface area contributed by atoms with Crippen LogP contribution >= 0.6 is 11.8 Å². The van der Waals surface area contributed by atoms with Gasteiger partial charge in [-0.3, -0.25) is 9.78 Å². The van der Waals surface area contributed by atoms with Crippen LogP contribution in [-0.4, -0.2) is 36.6 Å². The van der Waals surface area contributed by atoms with E-state index in [4.69, 9.17) is 5.11 Å². The minimum absolute atomic E-state index is 0.0264. The van der Waals surface area contributed by atoms with Crippen LogP contribution in [0.4, 0.5) is 0 Å². The Morgan fingerprint density at radius 2 is 2.33 bits per heavy atom. The maximum Gasteiger partial charge on any atom is 0.313 e. The van der Waals surface area contributed by atoms with Crippen molar-refractivity contribution in [2.45, 2.75) is 12.1 Å². The number of rotatable bonds is 4. The average molecular weight is 264 g/mol. The van der Waals surface area contributed by atoms with E-state index in [1.807, 2.05) is 19.1 Å². The zero-order chi connectivity index (χ0) is 13.1. The Hall–Kier alpha value is -1.89. The van der Waals surface area contributed by atoms with Crippen LogP contribution in [0.1, 0.15) is 5.69 Å². The second kappa shape index (κ2) is 5.18. The van der Waals surface area contributed by atoms with Gasteiger partial charge in [-0.15, -0.1) is 0 Å². The number of carboxylic acids is 1. The Kier molecular flexibility index (Phi) is 3.61. The molecule has 1 N–H and O–H groups in total. The molecule has 6 nitrogen and oxygen atoms in total. The number of pyridine rings is 1. The van der Waals surface area contributed by atoms with Crippen molar-refractivity contribution in [3.8, 4) is 11.4 Å². The number of aliphatic carboxylic acids is 1. The van der Waals surface area contributed by atoms with Crippen LogP contribution in [-0.2, 0) is 11.8 Å². The molecule has 0 aromatic carbocycles. The van der Waals surface area contributed by atoms with E-state index in [1.165, 1.54) is 0 Å². The molecule has 0 unspecified atom stereocenters. The van der Waals surface area contributed by atoms with Gasteiger partial charge in [-0.2, -0.15) is 5.10 Å². The minimum Gasteiger partial charge on any atom is -0.481 e. The third-order valence-corrected chi connectivity index (χ3v) is 3.21. The lowest BCUT2D eigenvalue weighted by molar-refractivity contribution is -0.133. The van der Waals surface area contributed by atoms with Crippen LogP contribution in [0.3, 0.4) is 0 Å². The molecule has 0 saturated carbocycles. The van der Waals surface area contributed by atoms with Crippen LogP contribution in [0.25, 0.3) is 11.4 Å². The summed E-state index contributed by atoms with van der Waals surface area (Å²) < 4.78 is 1.58. The summed E-state index contributed by atoms with van der Waals surface area (Å²) in [6.07, 6.45) is 1.70. The summed E-state index contributed by atoms with van der Waals surface area (Å²) in [6.45, 7) is 1.90. The van der Waals surface area contributed by atoms with Crippen molar-refractivity contribution < 1.29 is 9.90 Å². The molecule has 0 amide bonds. The Labute approximate surface area is 108 Å². The second-order valence-electron chi connectivity index (χ2n) is 3.71. The summed E-state index contributed by atoms with van der Waals surface area (Å²) in [5.41, 5.74) is 1.76. The van der Waals surface area contributed by atoms with Gasteiger partial charge in [-0.1, -0.05) is 11.8 Å². The zero-order valence-corrected chi connectivity index (χ0v) is 10.8. The van der Waals surface area contributed by atoms with Crippen molar-refractivity contribution in [3.05, 3.63) is 24.0 Å². The first kappa shape index (κ1) is 12.6. The fraction of sp³-hybridized carbons (Fsp3) is 0.273. The molecule has 0 saturated heterocycles. The molecule has 2 aromatic heterocycles. The number of aromatic nitrogens is 4. The van der Waals surface area contributed by atoms with E-state index in [9.17, 15) is 4.79 Å². The number of carbonyl (C=O) groups is 1. The minimum atomic E-state index is -0.871. The molecular weight excluding hydrogens is 252 g/mol. The third kappa shape index (κ3) is 2.86. The predicted octanol–water partition coefficient (Wildman–Crippen LogP) is 1.36. The standard InChI is InChI=1S/C11H12N4O2S/c1-7-5-8(3-4-12-7)10-13-11(15(2)14-10)18-6-9(16)17/h3-5H,6H2,1-2H3,(H,16,17). The van der Waals surface area contributed by atoms with E-state index in [0.29, 0.717) is 11.0 Å². The lowest BCUT2D eigenvalue weighted by Gasteiger charge is -1.95. The highest BCUT2D eigenvalue weighted by molar-refractivity contribution is 7.99. The van der Waals surface area contributed by atoms with Crippen LogP contribution in [0.15, 0.2) is 23.5 Å². The van der Waals surface area contributed by atoms with E-state index in [0.717, 1.165) is 23.0 Å². The molecule has 18 heavy (non-hydrogen) atoms. The number of thioether (sulfide) groups is 1. The highest BCUT2D eigenvalue weighted by atomic mass is 32.2. The second-order valence-corrected chi connectivity index (χ2v) is 4.65. The van der Waals surface area contributed by atoms with Gasteiger partial charge in [0.15, 0.2) is 11.0 Å². The number of hydrogen-bond acceptors (Lipinski definition) is 5. The highest BCUT2D eigenvalue weighted by Gasteiger charge is 2.11. The van der Waals surface area contributed by atoms with E-state index in [-0.39, 0.29) is 5.75 Å². The number of hydrogen-bond donors (Lipinski definition) is 1. The Bertz CT molecular complexity index is 582. The first-order valence-electron chi connectivity index (χ1n) is 5.25. The van der Waals surface area contributed by atoms with Crippen LogP contribution in [0, 0.1) is 6.92 Å². The van der Waals surface area contributed by atoms with Crippen molar-refractivity contribution in [3.63, 3.8) is 0 Å². The topological polar surface area (TPSA) is 80.9 Å². The molecule has 0 fully saturated rings. The summed E-state index contributed by atoms with van der Waals surface area (Å²) in [4.78, 5) is 18.9. The molecule has 0 radical (unpaired) electrons. The fourth-order valence-electron chi connectivity index (χ4n) is 1.43. The SMILES string of the molecule is Cc1cc(-c2nc(SCC(=O)O)n(C)n2)ccn1. The summed E-state index contributed by atoms with van der Waals surface area (Å²) in [5, 5.41) is 13.5. The molecule has 0 atom stereocenters. The van der Waals surface area contributed by atoms with Crippen LogP contribution < -0.4 is 0 Å². The molecule has 0 bridgehead atoms. The van der Waals surface area contributed by atoms with Gasteiger partial charge in [0.05, 0.1) is 5.75 Å². The van der Waals surface area contributed by atoms with Crippen molar-refractivity contribution in [2.75, 3.05) is 5.75 Å². The normalized spacial score (nSPS) is 10.6. The highest BCUT2D eigenvalue weighted by Crippen LogP contribution is 2.20. The van der Waals surface area contributed by atoms with Crippen molar-refractivity contribution in [1.82, 2.24) is 19.7 Å². The van der Waals surface area contributed by atoms with Crippen LogP contribution in [0.5, 0.6) is 0 Å². The van der Waals surface area contributed by atoms with E-state index in [2.05, 4.69) is 15.1 Å². The average Bonchev–Trinajstić information content (AvgIpc) is 2.68. The van der Waals surface area contributed by atoms with E-state index >= 15 is 0 Å². The van der Waals surface area contributed by atoms with Gasteiger partial charge >= 0.3 is 5.97 Å². The van der Waals surface area contributed by atoms with Gasteiger partial charge in [-0.05, 0) is 19.1 Å². The summed E-state index contributed by atoms with van der Waals surface area (Å²) in [7, 11) is 1.74. The predicted molar refractivity (Wildman–Crippen MR) is 67.3 cm³/mol. The maximum atomic E-state index is 10.5.